The fourth-order valence-electron chi connectivity index (χ4n) is 3.99. The van der Waals surface area contributed by atoms with Gasteiger partial charge in [0, 0.05) is 44.0 Å². The van der Waals surface area contributed by atoms with E-state index in [1.807, 2.05) is 51.8 Å². The molecule has 0 spiro atoms. The molecule has 0 heterocycles. The zero-order chi connectivity index (χ0) is 26.7. The molecule has 0 radical (unpaired) electrons. The van der Waals surface area contributed by atoms with Gasteiger partial charge >= 0.3 is 0 Å². The number of hydrogen-bond acceptors (Lipinski definition) is 5. The summed E-state index contributed by atoms with van der Waals surface area (Å²) in [5.74, 6) is 0.967. The molecule has 0 aliphatic heterocycles. The van der Waals surface area contributed by atoms with E-state index in [1.54, 1.807) is 46.5 Å². The average molecular weight is 507 g/mol. The van der Waals surface area contributed by atoms with Crippen molar-refractivity contribution in [2.24, 2.45) is 0 Å². The molecule has 0 atom stereocenters. The Morgan fingerprint density at radius 1 is 1.23 bits per heavy atom. The van der Waals surface area contributed by atoms with Gasteiger partial charge in [-0.05, 0) is 71.6 Å². The van der Waals surface area contributed by atoms with Crippen LogP contribution in [0.5, 0.6) is 0 Å². The summed E-state index contributed by atoms with van der Waals surface area (Å²) < 4.78 is 15.0. The fraction of sp³-hybridized carbons (Fsp3) is 0.556. The number of hydrogen-bond donors (Lipinski definition) is 0. The lowest BCUT2D eigenvalue weighted by Gasteiger charge is -2.38. The summed E-state index contributed by atoms with van der Waals surface area (Å²) in [6.45, 7) is 17.8. The molecule has 0 unspecified atom stereocenters. The molecule has 0 fully saturated rings. The molecular formula is C27H43FN4O2S. The van der Waals surface area contributed by atoms with E-state index in [0.717, 1.165) is 24.1 Å². The van der Waals surface area contributed by atoms with Crippen molar-refractivity contribution in [3.05, 3.63) is 58.9 Å². The Morgan fingerprint density at radius 2 is 1.86 bits per heavy atom. The summed E-state index contributed by atoms with van der Waals surface area (Å²) in [6, 6.07) is 4.81. The fourth-order valence-corrected chi connectivity index (χ4v) is 4.41. The van der Waals surface area contributed by atoms with Crippen LogP contribution in [0.25, 0.3) is 0 Å². The summed E-state index contributed by atoms with van der Waals surface area (Å²) in [5, 5.41) is 0. The Balaban J connectivity index is 3.78. The minimum absolute atomic E-state index is 0.121. The van der Waals surface area contributed by atoms with Gasteiger partial charge in [-0.15, -0.1) is 0 Å². The smallest absolute Gasteiger partial charge is 0.272 e. The van der Waals surface area contributed by atoms with Crippen molar-refractivity contribution in [3.63, 3.8) is 0 Å². The predicted octanol–water partition coefficient (Wildman–Crippen LogP) is 5.06. The molecule has 0 saturated heterocycles. The van der Waals surface area contributed by atoms with Gasteiger partial charge in [-0.2, -0.15) is 11.8 Å². The number of amides is 2. The van der Waals surface area contributed by atoms with Gasteiger partial charge in [0.25, 0.3) is 5.91 Å². The second-order valence-corrected chi connectivity index (χ2v) is 9.81. The Bertz CT molecular complexity index is 879. The molecule has 0 aliphatic carbocycles. The second kappa shape index (κ2) is 14.8. The van der Waals surface area contributed by atoms with Gasteiger partial charge in [-0.3, -0.25) is 9.59 Å². The van der Waals surface area contributed by atoms with Gasteiger partial charge in [-0.1, -0.05) is 18.7 Å². The van der Waals surface area contributed by atoms with E-state index in [2.05, 4.69) is 6.58 Å². The van der Waals surface area contributed by atoms with Crippen LogP contribution in [0.4, 0.5) is 4.39 Å². The predicted molar refractivity (Wildman–Crippen MR) is 145 cm³/mol. The second-order valence-electron chi connectivity index (χ2n) is 8.82. The molecule has 0 aliphatic rings. The van der Waals surface area contributed by atoms with E-state index in [0.29, 0.717) is 42.4 Å². The van der Waals surface area contributed by atoms with E-state index in [-0.39, 0.29) is 24.3 Å². The summed E-state index contributed by atoms with van der Waals surface area (Å²) in [5.41, 5.74) is 2.12. The molecule has 0 bridgehead atoms. The van der Waals surface area contributed by atoms with Crippen LogP contribution in [0.2, 0.25) is 0 Å². The lowest BCUT2D eigenvalue weighted by Crippen LogP contribution is -2.43. The van der Waals surface area contributed by atoms with Crippen molar-refractivity contribution in [1.82, 2.24) is 19.6 Å². The number of likely N-dealkylation sites (N-methyl/N-ethyl adjacent to an activating group) is 1. The van der Waals surface area contributed by atoms with Crippen molar-refractivity contribution in [2.75, 3.05) is 38.7 Å². The van der Waals surface area contributed by atoms with Gasteiger partial charge in [0.05, 0.1) is 6.54 Å². The van der Waals surface area contributed by atoms with Crippen molar-refractivity contribution in [3.8, 4) is 0 Å². The number of aryl methyl sites for hydroxylation is 1. The average Bonchev–Trinajstić information content (AvgIpc) is 2.81. The van der Waals surface area contributed by atoms with Crippen LogP contribution in [-0.2, 0) is 16.1 Å². The monoisotopic (exact) mass is 506 g/mol. The van der Waals surface area contributed by atoms with Crippen LogP contribution < -0.4 is 0 Å². The summed E-state index contributed by atoms with van der Waals surface area (Å²) >= 11 is 1.73. The number of carbonyl (C=O) groups excluding carboxylic acids is 2. The minimum Gasteiger partial charge on any atom is -0.359 e. The molecule has 0 N–H and O–H groups in total. The number of halogens is 1. The highest BCUT2D eigenvalue weighted by molar-refractivity contribution is 7.98. The van der Waals surface area contributed by atoms with E-state index < -0.39 is 0 Å². The number of rotatable bonds is 15. The zero-order valence-corrected chi connectivity index (χ0v) is 23.5. The highest BCUT2D eigenvalue weighted by atomic mass is 32.2. The number of nitrogens with zero attached hydrogens (tertiary/aromatic N) is 4. The third-order valence-corrected chi connectivity index (χ3v) is 6.87. The van der Waals surface area contributed by atoms with Crippen molar-refractivity contribution < 1.29 is 14.0 Å². The normalized spacial score (nSPS) is 11.7. The van der Waals surface area contributed by atoms with Gasteiger partial charge in [0.15, 0.2) is 0 Å². The highest BCUT2D eigenvalue weighted by Crippen LogP contribution is 2.28. The number of thioether (sulfide) groups is 1. The lowest BCUT2D eigenvalue weighted by atomic mass is 10.1. The molecule has 2 amide bonds. The first kappa shape index (κ1) is 30.6. The molecule has 0 saturated carbocycles. The lowest BCUT2D eigenvalue weighted by molar-refractivity contribution is -0.127. The highest BCUT2D eigenvalue weighted by Gasteiger charge is 2.30. The maximum Gasteiger partial charge on any atom is 0.272 e. The molecule has 1 aromatic rings. The standard InChI is InChI=1S/C27H43FN4O2S/c1-10-30(11-2)23(7)31(18-24-21(5)14-12-15-25(24)28)26(22(6)32(19-33)20(3)4)27(34)29(8)16-13-17-35-9/h12,14-15,19-20H,7,10-11,13,16-18H2,1-6,8-9H3/b26-22+. The third-order valence-electron chi connectivity index (χ3n) is 6.17. The van der Waals surface area contributed by atoms with E-state index in [4.69, 9.17) is 0 Å². The number of carbonyl (C=O) groups is 2. The molecule has 8 heteroatoms. The Labute approximate surface area is 215 Å². The minimum atomic E-state index is -0.337. The molecule has 0 aromatic heterocycles. The Morgan fingerprint density at radius 3 is 2.34 bits per heavy atom. The van der Waals surface area contributed by atoms with Crippen LogP contribution in [0.1, 0.15) is 52.2 Å². The molecule has 1 aromatic carbocycles. The summed E-state index contributed by atoms with van der Waals surface area (Å²) in [6.07, 6.45) is 3.63. The maximum absolute atomic E-state index is 15.0. The van der Waals surface area contributed by atoms with Crippen molar-refractivity contribution in [2.45, 2.75) is 60.5 Å². The van der Waals surface area contributed by atoms with Gasteiger partial charge < -0.3 is 19.6 Å². The van der Waals surface area contributed by atoms with Crippen molar-refractivity contribution >= 4 is 24.1 Å². The molecular weight excluding hydrogens is 463 g/mol. The summed E-state index contributed by atoms with van der Waals surface area (Å²) in [4.78, 5) is 33.0. The van der Waals surface area contributed by atoms with Crippen LogP contribution >= 0.6 is 11.8 Å². The number of benzene rings is 1. The largest absolute Gasteiger partial charge is 0.359 e. The van der Waals surface area contributed by atoms with E-state index >= 15 is 0 Å². The molecule has 35 heavy (non-hydrogen) atoms. The van der Waals surface area contributed by atoms with Gasteiger partial charge in [0.2, 0.25) is 6.41 Å². The Hall–Kier alpha value is -2.48. The van der Waals surface area contributed by atoms with Crippen LogP contribution in [0, 0.1) is 12.7 Å². The van der Waals surface area contributed by atoms with Crippen LogP contribution in [0.3, 0.4) is 0 Å². The molecule has 1 rings (SSSR count). The first-order valence-electron chi connectivity index (χ1n) is 12.2. The van der Waals surface area contributed by atoms with Crippen LogP contribution in [0.15, 0.2) is 42.0 Å². The number of allylic oxidation sites excluding steroid dienone is 1. The van der Waals surface area contributed by atoms with Crippen molar-refractivity contribution in [1.29, 1.82) is 0 Å². The van der Waals surface area contributed by atoms with Crippen LogP contribution in [-0.4, -0.2) is 76.6 Å². The van der Waals surface area contributed by atoms with E-state index in [1.165, 1.54) is 6.07 Å². The molecule has 6 nitrogen and oxygen atoms in total. The summed E-state index contributed by atoms with van der Waals surface area (Å²) in [7, 11) is 1.77. The maximum atomic E-state index is 15.0. The third kappa shape index (κ3) is 8.02. The SMILES string of the molecule is C=C(N(CC)CC)N(Cc1c(C)cccc1F)/C(C(=O)N(C)CCCSC)=C(\C)N(C=O)C(C)C. The Kier molecular flexibility index (Phi) is 12.9. The van der Waals surface area contributed by atoms with Gasteiger partial charge in [0.1, 0.15) is 17.3 Å². The molecule has 196 valence electrons. The first-order valence-corrected chi connectivity index (χ1v) is 13.6. The first-order chi connectivity index (χ1) is 16.5. The topological polar surface area (TPSA) is 47.1 Å². The zero-order valence-electron chi connectivity index (χ0n) is 22.7. The van der Waals surface area contributed by atoms with Gasteiger partial charge in [-0.25, -0.2) is 4.39 Å². The van der Waals surface area contributed by atoms with E-state index in [9.17, 15) is 14.0 Å². The quantitative estimate of drug-likeness (QED) is 0.189.